The number of carbonyl (C=O) groups excluding carboxylic acids is 1. The van der Waals surface area contributed by atoms with Gasteiger partial charge in [0.05, 0.1) is 0 Å². The summed E-state index contributed by atoms with van der Waals surface area (Å²) in [5, 5.41) is 2.96. The topological polar surface area (TPSA) is 49.4 Å². The second-order valence-electron chi connectivity index (χ2n) is 6.01. The molecule has 2 amide bonds. The summed E-state index contributed by atoms with van der Waals surface area (Å²) in [6.07, 6.45) is 7.72. The highest BCUT2D eigenvalue weighted by atomic mass is 32.2. The van der Waals surface area contributed by atoms with E-state index in [2.05, 4.69) is 5.32 Å². The molecule has 1 aromatic rings. The Labute approximate surface area is 128 Å². The molecule has 21 heavy (non-hydrogen) atoms. The highest BCUT2D eigenvalue weighted by Gasteiger charge is 2.38. The minimum atomic E-state index is -1.03. The number of benzene rings is 1. The largest absolute Gasteiger partial charge is 0.322 e. The number of carbonyl (C=O) groups is 1. The van der Waals surface area contributed by atoms with Crippen molar-refractivity contribution in [2.75, 3.05) is 18.1 Å². The standard InChI is InChI=1S/C16H22N2O2S/c1-21(20)14-7-4-6-13(11-14)17-16(19)18-10-9-12-5-2-3-8-15(12)18/h4,6-7,11-12,15H,2-3,5,8-10H2,1H3,(H,17,19). The van der Waals surface area contributed by atoms with Crippen LogP contribution in [0.15, 0.2) is 29.2 Å². The molecule has 3 atom stereocenters. The molecule has 1 saturated carbocycles. The molecule has 0 aromatic heterocycles. The third-order valence-corrected chi connectivity index (χ3v) is 5.61. The fourth-order valence-corrected chi connectivity index (χ4v) is 4.17. The van der Waals surface area contributed by atoms with Crippen molar-refractivity contribution in [2.45, 2.75) is 43.0 Å². The summed E-state index contributed by atoms with van der Waals surface area (Å²) in [5.41, 5.74) is 0.729. The van der Waals surface area contributed by atoms with E-state index in [1.807, 2.05) is 23.1 Å². The Morgan fingerprint density at radius 3 is 2.90 bits per heavy atom. The van der Waals surface area contributed by atoms with E-state index >= 15 is 0 Å². The van der Waals surface area contributed by atoms with Crippen LogP contribution in [0, 0.1) is 5.92 Å². The third kappa shape index (κ3) is 3.12. The molecule has 1 aliphatic carbocycles. The number of hydrogen-bond donors (Lipinski definition) is 1. The molecule has 0 bridgehead atoms. The van der Waals surface area contributed by atoms with Crippen LogP contribution in [0.3, 0.4) is 0 Å². The highest BCUT2D eigenvalue weighted by molar-refractivity contribution is 7.84. The minimum Gasteiger partial charge on any atom is -0.321 e. The van der Waals surface area contributed by atoms with Crippen LogP contribution < -0.4 is 5.32 Å². The summed E-state index contributed by atoms with van der Waals surface area (Å²) >= 11 is 0. The molecule has 2 aliphatic rings. The van der Waals surface area contributed by atoms with Gasteiger partial charge in [0.1, 0.15) is 0 Å². The maximum atomic E-state index is 12.5. The molecule has 1 aromatic carbocycles. The molecule has 4 nitrogen and oxygen atoms in total. The van der Waals surface area contributed by atoms with Gasteiger partial charge in [0.15, 0.2) is 0 Å². The zero-order valence-corrected chi connectivity index (χ0v) is 13.2. The van der Waals surface area contributed by atoms with Crippen molar-refractivity contribution >= 4 is 22.5 Å². The molecule has 1 saturated heterocycles. The quantitative estimate of drug-likeness (QED) is 0.912. The van der Waals surface area contributed by atoms with Crippen LogP contribution in [0.4, 0.5) is 10.5 Å². The molecular formula is C16H22N2O2S. The Bertz CT molecular complexity index is 561. The maximum absolute atomic E-state index is 12.5. The van der Waals surface area contributed by atoms with Crippen LogP contribution in [-0.2, 0) is 10.8 Å². The lowest BCUT2D eigenvalue weighted by molar-refractivity contribution is 0.182. The summed E-state index contributed by atoms with van der Waals surface area (Å²) in [6, 6.07) is 7.70. The van der Waals surface area contributed by atoms with Gasteiger partial charge in [-0.3, -0.25) is 4.21 Å². The van der Waals surface area contributed by atoms with Crippen LogP contribution in [0.2, 0.25) is 0 Å². The first-order valence-corrected chi connectivity index (χ1v) is 9.22. The zero-order chi connectivity index (χ0) is 14.8. The summed E-state index contributed by atoms with van der Waals surface area (Å²) in [4.78, 5) is 15.2. The van der Waals surface area contributed by atoms with Gasteiger partial charge in [-0.15, -0.1) is 0 Å². The van der Waals surface area contributed by atoms with Crippen molar-refractivity contribution in [3.05, 3.63) is 24.3 Å². The van der Waals surface area contributed by atoms with Gasteiger partial charge in [0, 0.05) is 40.2 Å². The van der Waals surface area contributed by atoms with E-state index in [1.54, 1.807) is 12.3 Å². The predicted octanol–water partition coefficient (Wildman–Crippen LogP) is 3.22. The highest BCUT2D eigenvalue weighted by Crippen LogP contribution is 2.36. The maximum Gasteiger partial charge on any atom is 0.322 e. The number of amides is 2. The van der Waals surface area contributed by atoms with Gasteiger partial charge in [0.2, 0.25) is 0 Å². The van der Waals surface area contributed by atoms with Gasteiger partial charge < -0.3 is 10.2 Å². The number of rotatable bonds is 2. The molecular weight excluding hydrogens is 284 g/mol. The second kappa shape index (κ2) is 6.18. The molecule has 3 unspecified atom stereocenters. The molecule has 5 heteroatoms. The van der Waals surface area contributed by atoms with E-state index in [0.29, 0.717) is 12.0 Å². The third-order valence-electron chi connectivity index (χ3n) is 4.69. The second-order valence-corrected chi connectivity index (χ2v) is 7.39. The van der Waals surface area contributed by atoms with E-state index in [1.165, 1.54) is 19.3 Å². The first-order valence-electron chi connectivity index (χ1n) is 7.66. The summed E-state index contributed by atoms with van der Waals surface area (Å²) in [7, 11) is -1.03. The van der Waals surface area contributed by atoms with E-state index in [4.69, 9.17) is 0 Å². The molecule has 1 aliphatic heterocycles. The SMILES string of the molecule is CS(=O)c1cccc(NC(=O)N2CCC3CCCCC32)c1. The fourth-order valence-electron chi connectivity index (χ4n) is 3.61. The monoisotopic (exact) mass is 306 g/mol. The van der Waals surface area contributed by atoms with E-state index in [0.717, 1.165) is 30.0 Å². The molecule has 1 heterocycles. The Morgan fingerprint density at radius 2 is 2.10 bits per heavy atom. The molecule has 1 N–H and O–H groups in total. The first-order chi connectivity index (χ1) is 10.1. The lowest BCUT2D eigenvalue weighted by Gasteiger charge is -2.31. The number of anilines is 1. The fraction of sp³-hybridized carbons (Fsp3) is 0.562. The average molecular weight is 306 g/mol. The van der Waals surface area contributed by atoms with Gasteiger partial charge in [-0.2, -0.15) is 0 Å². The Morgan fingerprint density at radius 1 is 1.29 bits per heavy atom. The van der Waals surface area contributed by atoms with Crippen LogP contribution in [0.25, 0.3) is 0 Å². The van der Waals surface area contributed by atoms with Crippen molar-refractivity contribution in [3.63, 3.8) is 0 Å². The molecule has 0 radical (unpaired) electrons. The van der Waals surface area contributed by atoms with E-state index in [-0.39, 0.29) is 6.03 Å². The number of nitrogens with one attached hydrogen (secondary N) is 1. The number of likely N-dealkylation sites (tertiary alicyclic amines) is 1. The van der Waals surface area contributed by atoms with Gasteiger partial charge in [-0.05, 0) is 43.4 Å². The lowest BCUT2D eigenvalue weighted by atomic mass is 9.85. The Kier molecular flexibility index (Phi) is 4.29. The van der Waals surface area contributed by atoms with Crippen LogP contribution in [-0.4, -0.2) is 34.0 Å². The van der Waals surface area contributed by atoms with E-state index in [9.17, 15) is 9.00 Å². The normalized spacial score (nSPS) is 26.2. The van der Waals surface area contributed by atoms with Gasteiger partial charge in [-0.25, -0.2) is 4.79 Å². The lowest BCUT2D eigenvalue weighted by Crippen LogP contribution is -2.41. The number of nitrogens with zero attached hydrogens (tertiary/aromatic N) is 1. The number of hydrogen-bond acceptors (Lipinski definition) is 2. The minimum absolute atomic E-state index is 0.0107. The van der Waals surface area contributed by atoms with Gasteiger partial charge in [-0.1, -0.05) is 18.9 Å². The van der Waals surface area contributed by atoms with Crippen molar-refractivity contribution in [3.8, 4) is 0 Å². The summed E-state index contributed by atoms with van der Waals surface area (Å²) in [5.74, 6) is 0.693. The summed E-state index contributed by atoms with van der Waals surface area (Å²) < 4.78 is 11.5. The van der Waals surface area contributed by atoms with Gasteiger partial charge >= 0.3 is 6.03 Å². The Balaban J connectivity index is 1.69. The number of urea groups is 1. The molecule has 3 rings (SSSR count). The summed E-state index contributed by atoms with van der Waals surface area (Å²) in [6.45, 7) is 0.862. The Hall–Kier alpha value is -1.36. The van der Waals surface area contributed by atoms with Crippen molar-refractivity contribution < 1.29 is 9.00 Å². The average Bonchev–Trinajstić information content (AvgIpc) is 2.91. The first kappa shape index (κ1) is 14.6. The van der Waals surface area contributed by atoms with Crippen LogP contribution in [0.1, 0.15) is 32.1 Å². The smallest absolute Gasteiger partial charge is 0.321 e. The van der Waals surface area contributed by atoms with E-state index < -0.39 is 10.8 Å². The van der Waals surface area contributed by atoms with Crippen molar-refractivity contribution in [2.24, 2.45) is 5.92 Å². The van der Waals surface area contributed by atoms with Crippen LogP contribution >= 0.6 is 0 Å². The zero-order valence-electron chi connectivity index (χ0n) is 12.4. The van der Waals surface area contributed by atoms with Crippen molar-refractivity contribution in [1.82, 2.24) is 4.90 Å². The van der Waals surface area contributed by atoms with Crippen molar-refractivity contribution in [1.29, 1.82) is 0 Å². The predicted molar refractivity (Wildman–Crippen MR) is 84.9 cm³/mol. The van der Waals surface area contributed by atoms with Crippen LogP contribution in [0.5, 0.6) is 0 Å². The molecule has 114 valence electrons. The molecule has 0 spiro atoms. The number of fused-ring (bicyclic) bond motifs is 1. The van der Waals surface area contributed by atoms with Gasteiger partial charge in [0.25, 0.3) is 0 Å². The molecule has 2 fully saturated rings.